The smallest absolute Gasteiger partial charge is 0.338 e. The van der Waals surface area contributed by atoms with Crippen LogP contribution in [0.15, 0.2) is 30.6 Å². The summed E-state index contributed by atoms with van der Waals surface area (Å²) in [6, 6.07) is 4.89. The van der Waals surface area contributed by atoms with E-state index < -0.39 is 5.97 Å². The van der Waals surface area contributed by atoms with Gasteiger partial charge in [0.1, 0.15) is 5.75 Å². The number of hydrogen-bond acceptors (Lipinski definition) is 5. The predicted molar refractivity (Wildman–Crippen MR) is 79.2 cm³/mol. The first-order valence-electron chi connectivity index (χ1n) is 6.77. The summed E-state index contributed by atoms with van der Waals surface area (Å²) in [6.45, 7) is 2.71. The lowest BCUT2D eigenvalue weighted by Gasteiger charge is -2.08. The van der Waals surface area contributed by atoms with Crippen LogP contribution in [-0.2, 0) is 18.2 Å². The Morgan fingerprint density at radius 3 is 2.86 bits per heavy atom. The number of ether oxygens (including phenoxy) is 2. The van der Waals surface area contributed by atoms with Crippen molar-refractivity contribution >= 4 is 11.7 Å². The minimum atomic E-state index is -0.395. The highest BCUT2D eigenvalue weighted by Gasteiger charge is 2.10. The van der Waals surface area contributed by atoms with Gasteiger partial charge in [-0.05, 0) is 30.7 Å². The van der Waals surface area contributed by atoms with Crippen LogP contribution in [0.5, 0.6) is 5.75 Å². The Morgan fingerprint density at radius 1 is 1.43 bits per heavy atom. The van der Waals surface area contributed by atoms with E-state index in [9.17, 15) is 4.79 Å². The molecule has 2 rings (SSSR count). The van der Waals surface area contributed by atoms with E-state index in [0.717, 1.165) is 5.56 Å². The number of aryl methyl sites for hydroxylation is 1. The molecule has 0 saturated carbocycles. The number of rotatable bonds is 6. The average Bonchev–Trinajstić information content (AvgIpc) is 2.87. The molecule has 1 aromatic heterocycles. The van der Waals surface area contributed by atoms with Crippen LogP contribution in [0.1, 0.15) is 22.8 Å². The van der Waals surface area contributed by atoms with E-state index in [-0.39, 0.29) is 0 Å². The van der Waals surface area contributed by atoms with Gasteiger partial charge in [-0.15, -0.1) is 0 Å². The van der Waals surface area contributed by atoms with Crippen LogP contribution in [0, 0.1) is 0 Å². The third kappa shape index (κ3) is 3.98. The molecule has 0 aliphatic rings. The number of anilines is 1. The zero-order chi connectivity index (χ0) is 15.2. The van der Waals surface area contributed by atoms with Crippen molar-refractivity contribution in [2.45, 2.75) is 13.3 Å². The van der Waals surface area contributed by atoms with Crippen molar-refractivity contribution in [1.29, 1.82) is 0 Å². The van der Waals surface area contributed by atoms with Gasteiger partial charge in [0.05, 0.1) is 30.7 Å². The summed E-state index contributed by atoms with van der Waals surface area (Å²) in [5.41, 5.74) is 7.70. The lowest BCUT2D eigenvalue weighted by atomic mass is 10.2. The van der Waals surface area contributed by atoms with Crippen LogP contribution >= 0.6 is 0 Å². The quantitative estimate of drug-likeness (QED) is 0.648. The van der Waals surface area contributed by atoms with E-state index in [4.69, 9.17) is 15.2 Å². The zero-order valence-corrected chi connectivity index (χ0v) is 12.2. The molecule has 0 fully saturated rings. The zero-order valence-electron chi connectivity index (χ0n) is 12.2. The maximum Gasteiger partial charge on any atom is 0.338 e. The highest BCUT2D eigenvalue weighted by atomic mass is 16.5. The second-order valence-electron chi connectivity index (χ2n) is 4.59. The van der Waals surface area contributed by atoms with E-state index in [0.29, 0.717) is 36.6 Å². The number of aromatic nitrogens is 2. The Bertz CT molecular complexity index is 622. The first-order chi connectivity index (χ1) is 10.1. The molecule has 0 radical (unpaired) electrons. The van der Waals surface area contributed by atoms with Gasteiger partial charge in [0.15, 0.2) is 0 Å². The molecule has 112 valence electrons. The van der Waals surface area contributed by atoms with Crippen molar-refractivity contribution in [3.8, 4) is 5.75 Å². The molecule has 2 aromatic rings. The summed E-state index contributed by atoms with van der Waals surface area (Å²) in [6.07, 6.45) is 4.28. The van der Waals surface area contributed by atoms with Crippen LogP contribution < -0.4 is 10.5 Å². The standard InChI is InChI=1S/C15H19N3O3/c1-3-20-14-5-4-12(8-13(14)16)15(19)21-7-6-11-9-17-18(2)10-11/h4-5,8-10H,3,6-7,16H2,1-2H3. The van der Waals surface area contributed by atoms with Crippen LogP contribution in [-0.4, -0.2) is 29.0 Å². The van der Waals surface area contributed by atoms with E-state index in [1.165, 1.54) is 0 Å². The molecular formula is C15H19N3O3. The molecule has 0 amide bonds. The minimum absolute atomic E-state index is 0.303. The first kappa shape index (κ1) is 14.9. The fraction of sp³-hybridized carbons (Fsp3) is 0.333. The van der Waals surface area contributed by atoms with Gasteiger partial charge >= 0.3 is 5.97 Å². The number of nitrogens with zero attached hydrogens (tertiary/aromatic N) is 2. The summed E-state index contributed by atoms with van der Waals surface area (Å²) < 4.78 is 12.3. The third-order valence-corrected chi connectivity index (χ3v) is 2.93. The van der Waals surface area contributed by atoms with Gasteiger partial charge in [0, 0.05) is 19.7 Å². The molecule has 21 heavy (non-hydrogen) atoms. The lowest BCUT2D eigenvalue weighted by molar-refractivity contribution is 0.0509. The monoisotopic (exact) mass is 289 g/mol. The molecule has 6 heteroatoms. The van der Waals surface area contributed by atoms with E-state index >= 15 is 0 Å². The highest BCUT2D eigenvalue weighted by molar-refractivity contribution is 5.91. The molecule has 0 aliphatic heterocycles. The largest absolute Gasteiger partial charge is 0.492 e. The molecule has 0 atom stereocenters. The Hall–Kier alpha value is -2.50. The molecule has 0 unspecified atom stereocenters. The topological polar surface area (TPSA) is 79.4 Å². The average molecular weight is 289 g/mol. The molecule has 1 heterocycles. The SMILES string of the molecule is CCOc1ccc(C(=O)OCCc2cnn(C)c2)cc1N. The molecule has 2 N–H and O–H groups in total. The van der Waals surface area contributed by atoms with Gasteiger partial charge in [-0.25, -0.2) is 4.79 Å². The predicted octanol–water partition coefficient (Wildman–Crippen LogP) is 1.80. The Labute approximate surface area is 123 Å². The first-order valence-corrected chi connectivity index (χ1v) is 6.77. The van der Waals surface area contributed by atoms with Crippen molar-refractivity contribution in [2.75, 3.05) is 18.9 Å². The number of hydrogen-bond donors (Lipinski definition) is 1. The van der Waals surface area contributed by atoms with Gasteiger partial charge in [0.2, 0.25) is 0 Å². The Morgan fingerprint density at radius 2 is 2.24 bits per heavy atom. The van der Waals surface area contributed by atoms with Crippen molar-refractivity contribution in [3.05, 3.63) is 41.7 Å². The summed E-state index contributed by atoms with van der Waals surface area (Å²) in [7, 11) is 1.85. The number of carbonyl (C=O) groups is 1. The maximum atomic E-state index is 11.9. The second-order valence-corrected chi connectivity index (χ2v) is 4.59. The van der Waals surface area contributed by atoms with Crippen molar-refractivity contribution in [1.82, 2.24) is 9.78 Å². The number of nitrogens with two attached hydrogens (primary N) is 1. The minimum Gasteiger partial charge on any atom is -0.492 e. The van der Waals surface area contributed by atoms with Crippen LogP contribution in [0.4, 0.5) is 5.69 Å². The molecule has 1 aromatic carbocycles. The Kier molecular flexibility index (Phi) is 4.81. The fourth-order valence-electron chi connectivity index (χ4n) is 1.91. The molecule has 0 bridgehead atoms. The summed E-state index contributed by atoms with van der Waals surface area (Å²) in [4.78, 5) is 11.9. The normalized spacial score (nSPS) is 10.4. The molecule has 6 nitrogen and oxygen atoms in total. The molecule has 0 aliphatic carbocycles. The van der Waals surface area contributed by atoms with Gasteiger partial charge in [-0.1, -0.05) is 0 Å². The van der Waals surface area contributed by atoms with Crippen LogP contribution in [0.25, 0.3) is 0 Å². The van der Waals surface area contributed by atoms with Gasteiger partial charge < -0.3 is 15.2 Å². The summed E-state index contributed by atoms with van der Waals surface area (Å²) in [5.74, 6) is 0.179. The number of esters is 1. The van der Waals surface area contributed by atoms with Gasteiger partial charge in [0.25, 0.3) is 0 Å². The van der Waals surface area contributed by atoms with E-state index in [2.05, 4.69) is 5.10 Å². The molecule has 0 spiro atoms. The summed E-state index contributed by atoms with van der Waals surface area (Å²) >= 11 is 0. The Balaban J connectivity index is 1.89. The highest BCUT2D eigenvalue weighted by Crippen LogP contribution is 2.22. The van der Waals surface area contributed by atoms with Crippen LogP contribution in [0.2, 0.25) is 0 Å². The lowest BCUT2D eigenvalue weighted by Crippen LogP contribution is -2.09. The third-order valence-electron chi connectivity index (χ3n) is 2.93. The molecule has 0 saturated heterocycles. The van der Waals surface area contributed by atoms with Crippen molar-refractivity contribution in [2.24, 2.45) is 7.05 Å². The number of benzene rings is 1. The summed E-state index contributed by atoms with van der Waals surface area (Å²) in [5, 5.41) is 4.06. The molecular weight excluding hydrogens is 270 g/mol. The van der Waals surface area contributed by atoms with Crippen LogP contribution in [0.3, 0.4) is 0 Å². The second kappa shape index (κ2) is 6.78. The number of nitrogen functional groups attached to an aromatic ring is 1. The van der Waals surface area contributed by atoms with E-state index in [1.54, 1.807) is 29.1 Å². The fourth-order valence-corrected chi connectivity index (χ4v) is 1.91. The van der Waals surface area contributed by atoms with Gasteiger partial charge in [-0.3, -0.25) is 4.68 Å². The van der Waals surface area contributed by atoms with E-state index in [1.807, 2.05) is 20.2 Å². The van der Waals surface area contributed by atoms with Gasteiger partial charge in [-0.2, -0.15) is 5.10 Å². The van der Waals surface area contributed by atoms with Crippen molar-refractivity contribution in [3.63, 3.8) is 0 Å². The maximum absolute atomic E-state index is 11.9. The number of carbonyl (C=O) groups excluding carboxylic acids is 1. The van der Waals surface area contributed by atoms with Crippen molar-refractivity contribution < 1.29 is 14.3 Å².